The topological polar surface area (TPSA) is 56.0 Å². The summed E-state index contributed by atoms with van der Waals surface area (Å²) in [5.41, 5.74) is 2.26. The van der Waals surface area contributed by atoms with Crippen molar-refractivity contribution < 1.29 is 0 Å². The third-order valence-corrected chi connectivity index (χ3v) is 5.61. The zero-order valence-corrected chi connectivity index (χ0v) is 16.4. The summed E-state index contributed by atoms with van der Waals surface area (Å²) in [6.07, 6.45) is 7.65. The zero-order chi connectivity index (χ0) is 19.0. The van der Waals surface area contributed by atoms with E-state index in [-0.39, 0.29) is 10.6 Å². The molecule has 3 heterocycles. The third kappa shape index (κ3) is 3.59. The second-order valence-corrected chi connectivity index (χ2v) is 7.56. The Kier molecular flexibility index (Phi) is 4.93. The number of piperidine rings is 1. The fraction of sp³-hybridized carbons (Fsp3) is 0.316. The molecule has 0 radical (unpaired) electrons. The maximum atomic E-state index is 12.7. The molecule has 1 aromatic carbocycles. The summed E-state index contributed by atoms with van der Waals surface area (Å²) in [6, 6.07) is 6.92. The molecule has 1 aliphatic heterocycles. The lowest BCUT2D eigenvalue weighted by Crippen LogP contribution is -2.35. The highest BCUT2D eigenvalue weighted by Gasteiger charge is 2.24. The molecular weight excluding hydrogens is 385 g/mol. The van der Waals surface area contributed by atoms with Crippen molar-refractivity contribution in [2.75, 3.05) is 18.0 Å². The van der Waals surface area contributed by atoms with Crippen LogP contribution < -0.4 is 10.5 Å². The van der Waals surface area contributed by atoms with Crippen LogP contribution >= 0.6 is 23.2 Å². The predicted molar refractivity (Wildman–Crippen MR) is 107 cm³/mol. The Bertz CT molecular complexity index is 1000. The summed E-state index contributed by atoms with van der Waals surface area (Å²) in [5, 5.41) is 9.37. The number of aryl methyl sites for hydroxylation is 1. The van der Waals surface area contributed by atoms with Crippen LogP contribution in [0.1, 0.15) is 24.3 Å². The fourth-order valence-corrected chi connectivity index (χ4v) is 3.89. The predicted octanol–water partition coefficient (Wildman–Crippen LogP) is 3.66. The van der Waals surface area contributed by atoms with E-state index < -0.39 is 0 Å². The molecule has 4 rings (SSSR count). The molecule has 1 aliphatic rings. The van der Waals surface area contributed by atoms with Gasteiger partial charge in [-0.1, -0.05) is 23.2 Å². The van der Waals surface area contributed by atoms with Crippen LogP contribution in [0.25, 0.3) is 5.69 Å². The summed E-state index contributed by atoms with van der Waals surface area (Å²) in [7, 11) is 1.93. The molecule has 27 heavy (non-hydrogen) atoms. The highest BCUT2D eigenvalue weighted by molar-refractivity contribution is 6.33. The van der Waals surface area contributed by atoms with E-state index in [1.54, 1.807) is 30.5 Å². The lowest BCUT2D eigenvalue weighted by atomic mass is 9.91. The fourth-order valence-electron chi connectivity index (χ4n) is 3.52. The van der Waals surface area contributed by atoms with Crippen molar-refractivity contribution in [3.63, 3.8) is 0 Å². The first-order valence-electron chi connectivity index (χ1n) is 8.80. The van der Waals surface area contributed by atoms with Gasteiger partial charge in [-0.05, 0) is 48.6 Å². The maximum absolute atomic E-state index is 12.7. The molecule has 0 bridgehead atoms. The number of hydrogen-bond donors (Lipinski definition) is 0. The molecule has 1 fully saturated rings. The molecule has 3 aromatic rings. The highest BCUT2D eigenvalue weighted by atomic mass is 35.5. The summed E-state index contributed by atoms with van der Waals surface area (Å²) in [6.45, 7) is 1.65. The Labute approximate surface area is 166 Å². The van der Waals surface area contributed by atoms with Crippen molar-refractivity contribution in [1.29, 1.82) is 0 Å². The zero-order valence-electron chi connectivity index (χ0n) is 14.8. The molecule has 0 amide bonds. The summed E-state index contributed by atoms with van der Waals surface area (Å²) < 4.78 is 3.13. The van der Waals surface area contributed by atoms with Gasteiger partial charge in [0.25, 0.3) is 5.56 Å². The second-order valence-electron chi connectivity index (χ2n) is 6.75. The Hall–Kier alpha value is -2.31. The molecule has 0 spiro atoms. The molecular formula is C19H19Cl2N5O. The summed E-state index contributed by atoms with van der Waals surface area (Å²) in [4.78, 5) is 14.8. The van der Waals surface area contributed by atoms with Crippen LogP contribution in [-0.2, 0) is 7.05 Å². The van der Waals surface area contributed by atoms with E-state index in [2.05, 4.69) is 21.3 Å². The van der Waals surface area contributed by atoms with Gasteiger partial charge in [-0.3, -0.25) is 9.48 Å². The highest BCUT2D eigenvalue weighted by Crippen LogP contribution is 2.32. The van der Waals surface area contributed by atoms with Gasteiger partial charge in [0, 0.05) is 31.4 Å². The number of nitrogens with zero attached hydrogens (tertiary/aromatic N) is 5. The van der Waals surface area contributed by atoms with Gasteiger partial charge in [0.15, 0.2) is 0 Å². The van der Waals surface area contributed by atoms with Gasteiger partial charge >= 0.3 is 0 Å². The smallest absolute Gasteiger partial charge is 0.292 e. The number of hydrogen-bond acceptors (Lipinski definition) is 4. The van der Waals surface area contributed by atoms with Crippen LogP contribution in [0.15, 0.2) is 47.7 Å². The van der Waals surface area contributed by atoms with E-state index in [1.165, 1.54) is 10.2 Å². The minimum absolute atomic E-state index is 0.194. The van der Waals surface area contributed by atoms with Gasteiger partial charge in [0.1, 0.15) is 5.02 Å². The van der Waals surface area contributed by atoms with Crippen molar-refractivity contribution >= 4 is 28.9 Å². The van der Waals surface area contributed by atoms with Gasteiger partial charge in [-0.15, -0.1) is 0 Å². The maximum Gasteiger partial charge on any atom is 0.292 e. The van der Waals surface area contributed by atoms with Crippen LogP contribution in [0.5, 0.6) is 0 Å². The average molecular weight is 404 g/mol. The van der Waals surface area contributed by atoms with E-state index >= 15 is 0 Å². The van der Waals surface area contributed by atoms with E-state index in [4.69, 9.17) is 23.2 Å². The van der Waals surface area contributed by atoms with Crippen molar-refractivity contribution in [2.24, 2.45) is 7.05 Å². The summed E-state index contributed by atoms with van der Waals surface area (Å²) >= 11 is 12.3. The molecule has 0 aliphatic carbocycles. The molecule has 6 nitrogen and oxygen atoms in total. The molecule has 8 heteroatoms. The van der Waals surface area contributed by atoms with Crippen molar-refractivity contribution in [2.45, 2.75) is 18.8 Å². The van der Waals surface area contributed by atoms with Crippen LogP contribution in [0.3, 0.4) is 0 Å². The first-order valence-corrected chi connectivity index (χ1v) is 9.56. The van der Waals surface area contributed by atoms with Crippen LogP contribution in [0, 0.1) is 0 Å². The van der Waals surface area contributed by atoms with Crippen LogP contribution in [0.2, 0.25) is 10.0 Å². The molecule has 0 N–H and O–H groups in total. The molecule has 2 aromatic heterocycles. The first kappa shape index (κ1) is 18.1. The Morgan fingerprint density at radius 1 is 1.04 bits per heavy atom. The first-order chi connectivity index (χ1) is 13.0. The van der Waals surface area contributed by atoms with E-state index in [0.717, 1.165) is 25.9 Å². The molecule has 0 unspecified atom stereocenters. The standard InChI is InChI=1S/C19H19Cl2N5O/c1-24-12-14(10-22-24)13-6-8-25(9-7-13)17-11-23-26(19(27)18(17)21)16-4-2-15(20)3-5-16/h2-5,10-13H,6-9H2,1H3. The van der Waals surface area contributed by atoms with Gasteiger partial charge in [0.2, 0.25) is 0 Å². The summed E-state index contributed by atoms with van der Waals surface area (Å²) in [5.74, 6) is 0.483. The number of halogens is 2. The third-order valence-electron chi connectivity index (χ3n) is 5.00. The Balaban J connectivity index is 1.54. The van der Waals surface area contributed by atoms with E-state index in [0.29, 0.717) is 22.3 Å². The Morgan fingerprint density at radius 2 is 1.74 bits per heavy atom. The number of anilines is 1. The van der Waals surface area contributed by atoms with Crippen molar-refractivity contribution in [3.8, 4) is 5.69 Å². The number of aromatic nitrogens is 4. The Morgan fingerprint density at radius 3 is 2.37 bits per heavy atom. The molecule has 140 valence electrons. The van der Waals surface area contributed by atoms with Crippen LogP contribution in [0.4, 0.5) is 5.69 Å². The molecule has 1 saturated heterocycles. The minimum Gasteiger partial charge on any atom is -0.369 e. The largest absolute Gasteiger partial charge is 0.369 e. The average Bonchev–Trinajstić information content (AvgIpc) is 3.11. The normalized spacial score (nSPS) is 15.3. The lowest BCUT2D eigenvalue weighted by Gasteiger charge is -2.33. The van der Waals surface area contributed by atoms with Crippen molar-refractivity contribution in [1.82, 2.24) is 19.6 Å². The van der Waals surface area contributed by atoms with E-state index in [9.17, 15) is 4.79 Å². The molecule has 0 atom stereocenters. The monoisotopic (exact) mass is 403 g/mol. The lowest BCUT2D eigenvalue weighted by molar-refractivity contribution is 0.504. The van der Waals surface area contributed by atoms with Gasteiger partial charge in [-0.25, -0.2) is 0 Å². The van der Waals surface area contributed by atoms with Gasteiger partial charge < -0.3 is 4.90 Å². The SMILES string of the molecule is Cn1cc(C2CCN(c3cnn(-c4ccc(Cl)cc4)c(=O)c3Cl)CC2)cn1. The number of benzene rings is 1. The van der Waals surface area contributed by atoms with Gasteiger partial charge in [-0.2, -0.15) is 14.9 Å². The number of rotatable bonds is 3. The van der Waals surface area contributed by atoms with E-state index in [1.807, 2.05) is 17.9 Å². The van der Waals surface area contributed by atoms with Crippen molar-refractivity contribution in [3.05, 3.63) is 68.8 Å². The quantitative estimate of drug-likeness (QED) is 0.669. The van der Waals surface area contributed by atoms with Gasteiger partial charge in [0.05, 0.1) is 23.8 Å². The minimum atomic E-state index is -0.328. The second kappa shape index (κ2) is 7.37. The molecule has 0 saturated carbocycles. The van der Waals surface area contributed by atoms with Crippen LogP contribution in [-0.4, -0.2) is 32.7 Å².